The van der Waals surface area contributed by atoms with Crippen LogP contribution in [0.5, 0.6) is 0 Å². The van der Waals surface area contributed by atoms with E-state index < -0.39 is 11.6 Å². The molecule has 7 nitrogen and oxygen atoms in total. The Kier molecular flexibility index (Phi) is 3.84. The van der Waals surface area contributed by atoms with Gasteiger partial charge in [-0.15, -0.1) is 0 Å². The van der Waals surface area contributed by atoms with Gasteiger partial charge in [0.25, 0.3) is 5.91 Å². The second-order valence-corrected chi connectivity index (χ2v) is 6.92. The molecule has 0 bridgehead atoms. The quantitative estimate of drug-likeness (QED) is 0.712. The highest BCUT2D eigenvalue weighted by atomic mass is 16.2. The summed E-state index contributed by atoms with van der Waals surface area (Å²) in [4.78, 5) is 39.7. The standard InChI is InChI=1S/C15H24N4O3/c1-15(13(21)16-14(22)17-15)10-4-3-7-19(8-10)9-12(20)18(2)11-5-6-11/h10-11H,3-9H2,1-2H3,(H2,16,17,21,22)/t10-,15-/m0/s1. The Labute approximate surface area is 130 Å². The molecule has 2 N–H and O–H groups in total. The van der Waals surface area contributed by atoms with Crippen LogP contribution in [0.15, 0.2) is 0 Å². The zero-order valence-corrected chi connectivity index (χ0v) is 13.2. The maximum atomic E-state index is 12.3. The van der Waals surface area contributed by atoms with Gasteiger partial charge >= 0.3 is 6.03 Å². The van der Waals surface area contributed by atoms with E-state index in [0.29, 0.717) is 19.1 Å². The lowest BCUT2D eigenvalue weighted by atomic mass is 9.80. The van der Waals surface area contributed by atoms with Gasteiger partial charge in [0.15, 0.2) is 0 Å². The maximum absolute atomic E-state index is 12.3. The molecule has 0 spiro atoms. The number of likely N-dealkylation sites (tertiary alicyclic amines) is 1. The van der Waals surface area contributed by atoms with E-state index >= 15 is 0 Å². The number of rotatable bonds is 4. The van der Waals surface area contributed by atoms with Gasteiger partial charge in [0.1, 0.15) is 5.54 Å². The molecule has 4 amide bonds. The molecule has 3 rings (SSSR count). The fourth-order valence-corrected chi connectivity index (χ4v) is 3.48. The third kappa shape index (κ3) is 2.82. The van der Waals surface area contributed by atoms with Crippen LogP contribution in [-0.2, 0) is 9.59 Å². The van der Waals surface area contributed by atoms with E-state index in [1.807, 2.05) is 11.9 Å². The van der Waals surface area contributed by atoms with Crippen molar-refractivity contribution >= 4 is 17.8 Å². The van der Waals surface area contributed by atoms with Crippen molar-refractivity contribution in [2.45, 2.75) is 44.2 Å². The minimum Gasteiger partial charge on any atom is -0.342 e. The molecule has 3 fully saturated rings. The summed E-state index contributed by atoms with van der Waals surface area (Å²) in [6, 6.07) is -0.000306. The van der Waals surface area contributed by atoms with E-state index in [-0.39, 0.29) is 17.7 Å². The fourth-order valence-electron chi connectivity index (χ4n) is 3.48. The number of hydrogen-bond donors (Lipinski definition) is 2. The molecule has 2 saturated heterocycles. The van der Waals surface area contributed by atoms with Crippen molar-refractivity contribution in [2.75, 3.05) is 26.7 Å². The molecule has 1 saturated carbocycles. The average Bonchev–Trinajstić information content (AvgIpc) is 3.27. The highest BCUT2D eigenvalue weighted by Gasteiger charge is 2.49. The van der Waals surface area contributed by atoms with Crippen LogP contribution in [0.2, 0.25) is 0 Å². The SMILES string of the molecule is CN(C(=O)CN1CCC[C@H]([C@]2(C)NC(=O)NC2=O)C1)C1CC1. The summed E-state index contributed by atoms with van der Waals surface area (Å²) < 4.78 is 0. The summed E-state index contributed by atoms with van der Waals surface area (Å²) in [5.41, 5.74) is -0.860. The summed E-state index contributed by atoms with van der Waals surface area (Å²) in [5.74, 6) is -0.0780. The highest BCUT2D eigenvalue weighted by Crippen LogP contribution is 2.30. The molecule has 7 heteroatoms. The summed E-state index contributed by atoms with van der Waals surface area (Å²) >= 11 is 0. The van der Waals surface area contributed by atoms with Crippen molar-refractivity contribution in [1.82, 2.24) is 20.4 Å². The number of nitrogens with one attached hydrogen (secondary N) is 2. The first-order valence-corrected chi connectivity index (χ1v) is 8.02. The molecule has 2 aliphatic heterocycles. The predicted molar refractivity (Wildman–Crippen MR) is 80.0 cm³/mol. The zero-order valence-electron chi connectivity index (χ0n) is 13.2. The lowest BCUT2D eigenvalue weighted by Gasteiger charge is -2.39. The molecule has 1 aliphatic carbocycles. The van der Waals surface area contributed by atoms with Gasteiger partial charge in [-0.05, 0) is 39.2 Å². The summed E-state index contributed by atoms with van der Waals surface area (Å²) in [6.07, 6.45) is 4.03. The largest absolute Gasteiger partial charge is 0.342 e. The molecule has 0 aromatic carbocycles. The number of likely N-dealkylation sites (N-methyl/N-ethyl adjacent to an activating group) is 1. The van der Waals surface area contributed by atoms with Crippen LogP contribution in [0, 0.1) is 5.92 Å². The Morgan fingerprint density at radius 1 is 1.36 bits per heavy atom. The van der Waals surface area contributed by atoms with Gasteiger partial charge in [0, 0.05) is 25.6 Å². The summed E-state index contributed by atoms with van der Waals surface area (Å²) in [7, 11) is 1.87. The molecule has 0 unspecified atom stereocenters. The van der Waals surface area contributed by atoms with Gasteiger partial charge in [0.05, 0.1) is 6.54 Å². The predicted octanol–water partition coefficient (Wildman–Crippen LogP) is -0.0827. The normalized spacial score (nSPS) is 32.5. The van der Waals surface area contributed by atoms with Crippen molar-refractivity contribution in [3.8, 4) is 0 Å². The van der Waals surface area contributed by atoms with Gasteiger partial charge < -0.3 is 10.2 Å². The average molecular weight is 308 g/mol. The van der Waals surface area contributed by atoms with Crippen molar-refractivity contribution < 1.29 is 14.4 Å². The molecule has 0 radical (unpaired) electrons. The van der Waals surface area contributed by atoms with Crippen molar-refractivity contribution in [1.29, 1.82) is 0 Å². The minimum atomic E-state index is -0.860. The molecule has 2 heterocycles. The van der Waals surface area contributed by atoms with Crippen molar-refractivity contribution in [3.63, 3.8) is 0 Å². The van der Waals surface area contributed by atoms with E-state index in [4.69, 9.17) is 0 Å². The van der Waals surface area contributed by atoms with Gasteiger partial charge in [-0.2, -0.15) is 0 Å². The van der Waals surface area contributed by atoms with E-state index in [2.05, 4.69) is 15.5 Å². The number of piperidine rings is 1. The second-order valence-electron chi connectivity index (χ2n) is 6.92. The van der Waals surface area contributed by atoms with Crippen LogP contribution >= 0.6 is 0 Å². The van der Waals surface area contributed by atoms with Crippen molar-refractivity contribution in [3.05, 3.63) is 0 Å². The van der Waals surface area contributed by atoms with Crippen LogP contribution in [0.25, 0.3) is 0 Å². The van der Waals surface area contributed by atoms with Gasteiger partial charge in [-0.25, -0.2) is 4.79 Å². The first kappa shape index (κ1) is 15.3. The lowest BCUT2D eigenvalue weighted by Crippen LogP contribution is -2.56. The molecule has 122 valence electrons. The monoisotopic (exact) mass is 308 g/mol. The van der Waals surface area contributed by atoms with E-state index in [1.165, 1.54) is 0 Å². The topological polar surface area (TPSA) is 81.8 Å². The van der Waals surface area contributed by atoms with Gasteiger partial charge in [0.2, 0.25) is 5.91 Å². The Morgan fingerprint density at radius 2 is 2.09 bits per heavy atom. The number of carbonyl (C=O) groups is 3. The maximum Gasteiger partial charge on any atom is 0.322 e. The van der Waals surface area contributed by atoms with Gasteiger partial charge in [-0.3, -0.25) is 19.8 Å². The van der Waals surface area contributed by atoms with Crippen LogP contribution < -0.4 is 10.6 Å². The number of amides is 4. The molecule has 0 aromatic heterocycles. The Morgan fingerprint density at radius 3 is 2.68 bits per heavy atom. The number of urea groups is 1. The summed E-state index contributed by atoms with van der Waals surface area (Å²) in [5, 5.41) is 5.07. The van der Waals surface area contributed by atoms with E-state index in [9.17, 15) is 14.4 Å². The molecule has 3 aliphatic rings. The summed E-state index contributed by atoms with van der Waals surface area (Å²) in [6.45, 7) is 3.70. The Balaban J connectivity index is 1.60. The lowest BCUT2D eigenvalue weighted by molar-refractivity contribution is -0.132. The zero-order chi connectivity index (χ0) is 15.9. The smallest absolute Gasteiger partial charge is 0.322 e. The number of nitrogens with zero attached hydrogens (tertiary/aromatic N) is 2. The first-order chi connectivity index (χ1) is 10.4. The number of carbonyl (C=O) groups excluding carboxylic acids is 3. The highest BCUT2D eigenvalue weighted by molar-refractivity contribution is 6.07. The van der Waals surface area contributed by atoms with E-state index in [0.717, 1.165) is 32.2 Å². The number of imide groups is 1. The van der Waals surface area contributed by atoms with Gasteiger partial charge in [-0.1, -0.05) is 0 Å². The third-order valence-electron chi connectivity index (χ3n) is 5.24. The van der Waals surface area contributed by atoms with Crippen LogP contribution in [-0.4, -0.2) is 65.9 Å². The Hall–Kier alpha value is -1.63. The third-order valence-corrected chi connectivity index (χ3v) is 5.24. The van der Waals surface area contributed by atoms with Crippen LogP contribution in [0.3, 0.4) is 0 Å². The first-order valence-electron chi connectivity index (χ1n) is 8.02. The molecular formula is C15H24N4O3. The second kappa shape index (κ2) is 5.53. The molecule has 2 atom stereocenters. The fraction of sp³-hybridized carbons (Fsp3) is 0.800. The number of hydrogen-bond acceptors (Lipinski definition) is 4. The molecular weight excluding hydrogens is 284 g/mol. The van der Waals surface area contributed by atoms with Crippen LogP contribution in [0.1, 0.15) is 32.6 Å². The molecule has 0 aromatic rings. The van der Waals surface area contributed by atoms with Crippen LogP contribution in [0.4, 0.5) is 4.79 Å². The minimum absolute atomic E-state index is 0.0340. The van der Waals surface area contributed by atoms with E-state index in [1.54, 1.807) is 6.92 Å². The molecule has 22 heavy (non-hydrogen) atoms. The Bertz CT molecular complexity index is 505. The van der Waals surface area contributed by atoms with Crippen molar-refractivity contribution in [2.24, 2.45) is 5.92 Å².